The second-order valence-corrected chi connectivity index (χ2v) is 9.28. The minimum absolute atomic E-state index is 0.0747. The van der Waals surface area contributed by atoms with E-state index in [1.165, 1.54) is 19.0 Å². The van der Waals surface area contributed by atoms with Gasteiger partial charge in [0.15, 0.2) is 0 Å². The molecule has 0 aromatic rings. The normalized spacial score (nSPS) is 17.0. The average Bonchev–Trinajstić information content (AvgIpc) is 2.55. The number of rotatable bonds is 12. The topological polar surface area (TPSA) is 49.4 Å². The predicted octanol–water partition coefficient (Wildman–Crippen LogP) is 4.88. The Kier molecular flexibility index (Phi) is 9.80. The fourth-order valence-electron chi connectivity index (χ4n) is 2.40. The van der Waals surface area contributed by atoms with Crippen LogP contribution in [-0.2, 0) is 10.0 Å². The van der Waals surface area contributed by atoms with E-state index in [1.54, 1.807) is 0 Å². The molecule has 17 heteroatoms. The molecule has 0 aliphatic rings. The summed E-state index contributed by atoms with van der Waals surface area (Å²) in [5.41, 5.74) is 0. The van der Waals surface area contributed by atoms with Crippen LogP contribution in [0.2, 0.25) is 0 Å². The monoisotopic (exact) mass is 522 g/mol. The van der Waals surface area contributed by atoms with Crippen molar-refractivity contribution in [3.63, 3.8) is 0 Å². The van der Waals surface area contributed by atoms with Crippen molar-refractivity contribution >= 4 is 10.0 Å². The van der Waals surface area contributed by atoms with Gasteiger partial charge in [0.25, 0.3) is 10.0 Å². The van der Waals surface area contributed by atoms with E-state index in [9.17, 15) is 61.1 Å². The lowest BCUT2D eigenvalue weighted by molar-refractivity contribution is -0.298. The van der Waals surface area contributed by atoms with Crippen molar-refractivity contribution in [2.75, 3.05) is 27.2 Å². The molecule has 0 saturated carbocycles. The first-order chi connectivity index (χ1) is 13.9. The molecule has 0 fully saturated rings. The van der Waals surface area contributed by atoms with Crippen molar-refractivity contribution in [2.45, 2.75) is 55.6 Å². The Labute approximate surface area is 176 Å². The van der Waals surface area contributed by atoms with Gasteiger partial charge >= 0.3 is 29.5 Å². The van der Waals surface area contributed by atoms with Gasteiger partial charge in [-0.1, -0.05) is 6.92 Å². The smallest absolute Gasteiger partial charge is 0.309 e. The third kappa shape index (κ3) is 7.53. The molecule has 0 spiro atoms. The average molecular weight is 522 g/mol. The van der Waals surface area contributed by atoms with Crippen LogP contribution in [0.1, 0.15) is 26.2 Å². The Morgan fingerprint density at radius 1 is 0.844 bits per heavy atom. The summed E-state index contributed by atoms with van der Waals surface area (Å²) in [5, 5.41) is -6.58. The number of hydrogen-bond donors (Lipinski definition) is 1. The Hall–Kier alpha value is -0.970. The van der Waals surface area contributed by atoms with Gasteiger partial charge in [0, 0.05) is 13.0 Å². The van der Waals surface area contributed by atoms with Gasteiger partial charge in [-0.05, 0) is 33.5 Å². The second kappa shape index (κ2) is 10.1. The zero-order valence-corrected chi connectivity index (χ0v) is 17.7. The highest BCUT2D eigenvalue weighted by Crippen LogP contribution is 2.53. The number of sulfonamides is 1. The Bertz CT molecular complexity index is 704. The fourth-order valence-corrected chi connectivity index (χ4v) is 3.49. The summed E-state index contributed by atoms with van der Waals surface area (Å²) >= 11 is 0. The van der Waals surface area contributed by atoms with Crippen LogP contribution in [0.15, 0.2) is 0 Å². The Balaban J connectivity index is 5.82. The fraction of sp³-hybridized carbons (Fsp3) is 1.00. The number of hydrogen-bond acceptors (Lipinski definition) is 3. The zero-order chi connectivity index (χ0) is 26.0. The van der Waals surface area contributed by atoms with Gasteiger partial charge in [0.1, 0.15) is 0 Å². The molecular weight excluding hydrogens is 500 g/mol. The Morgan fingerprint density at radius 3 is 1.69 bits per heavy atom. The summed E-state index contributed by atoms with van der Waals surface area (Å²) in [6.07, 6.45) is -16.8. The van der Waals surface area contributed by atoms with Crippen LogP contribution in [0.4, 0.5) is 52.7 Å². The minimum Gasteiger partial charge on any atom is -0.309 e. The molecule has 194 valence electrons. The number of nitrogens with zero attached hydrogens (tertiary/aromatic N) is 1. The maximum Gasteiger partial charge on any atom is 0.426 e. The van der Waals surface area contributed by atoms with E-state index < -0.39 is 70.7 Å². The molecule has 0 amide bonds. The number of halogens is 12. The first kappa shape index (κ1) is 31.0. The first-order valence-electron chi connectivity index (χ1n) is 8.81. The van der Waals surface area contributed by atoms with Gasteiger partial charge in [0.05, 0.1) is 11.8 Å². The van der Waals surface area contributed by atoms with Crippen molar-refractivity contribution in [3.8, 4) is 0 Å². The Morgan fingerprint density at radius 2 is 1.31 bits per heavy atom. The molecule has 4 nitrogen and oxygen atoms in total. The highest BCUT2D eigenvalue weighted by Gasteiger charge is 2.77. The van der Waals surface area contributed by atoms with Crippen LogP contribution in [0.3, 0.4) is 0 Å². The third-order valence-corrected chi connectivity index (χ3v) is 5.91. The molecule has 0 heterocycles. The highest BCUT2D eigenvalue weighted by molar-refractivity contribution is 7.90. The van der Waals surface area contributed by atoms with E-state index >= 15 is 0 Å². The van der Waals surface area contributed by atoms with Gasteiger partial charge < -0.3 is 4.90 Å². The van der Waals surface area contributed by atoms with Gasteiger partial charge in [-0.15, -0.1) is 0 Å². The molecule has 1 N–H and O–H groups in total. The number of nitrogens with one attached hydrogen (secondary N) is 1. The lowest BCUT2D eigenvalue weighted by atomic mass is 9.88. The lowest BCUT2D eigenvalue weighted by Gasteiger charge is -2.35. The van der Waals surface area contributed by atoms with E-state index in [-0.39, 0.29) is 19.9 Å². The standard InChI is InChI=1S/C15H22F12N2O2S/c1-9(12(18,19)20)7-10(13(21,22)23)8-11(16,17)14(24,25)15(26,27)32(30,31)28-5-4-6-29(2)3/h9-10,28H,4-8H2,1-3H3. The van der Waals surface area contributed by atoms with E-state index in [4.69, 9.17) is 0 Å². The molecule has 0 aliphatic heterocycles. The molecule has 0 saturated heterocycles. The van der Waals surface area contributed by atoms with Gasteiger partial charge in [-0.3, -0.25) is 0 Å². The third-order valence-electron chi connectivity index (χ3n) is 4.40. The van der Waals surface area contributed by atoms with Gasteiger partial charge in [0.2, 0.25) is 0 Å². The zero-order valence-electron chi connectivity index (χ0n) is 16.9. The maximum absolute atomic E-state index is 13.9. The van der Waals surface area contributed by atoms with Crippen LogP contribution < -0.4 is 4.72 Å². The minimum atomic E-state index is -6.88. The van der Waals surface area contributed by atoms with Crippen LogP contribution in [0.25, 0.3) is 0 Å². The maximum atomic E-state index is 13.9. The van der Waals surface area contributed by atoms with Crippen LogP contribution in [-0.4, -0.2) is 70.0 Å². The summed E-state index contributed by atoms with van der Waals surface area (Å²) in [7, 11) is -3.55. The predicted molar refractivity (Wildman–Crippen MR) is 88.9 cm³/mol. The lowest BCUT2D eigenvalue weighted by Crippen LogP contribution is -2.61. The van der Waals surface area contributed by atoms with Gasteiger partial charge in [-0.25, -0.2) is 13.1 Å². The SMILES string of the molecule is CC(CC(CC(F)(F)C(F)(F)C(F)(F)S(=O)(=O)NCCCN(C)C)C(F)(F)F)C(F)(F)F. The molecule has 0 bridgehead atoms. The van der Waals surface area contributed by atoms with Crippen molar-refractivity contribution in [1.29, 1.82) is 0 Å². The molecular formula is C15H22F12N2O2S. The molecule has 32 heavy (non-hydrogen) atoms. The summed E-state index contributed by atoms with van der Waals surface area (Å²) in [6, 6.07) is 0. The quantitative estimate of drug-likeness (QED) is 0.294. The molecule has 0 radical (unpaired) electrons. The highest BCUT2D eigenvalue weighted by atomic mass is 32.2. The van der Waals surface area contributed by atoms with E-state index in [1.807, 2.05) is 0 Å². The van der Waals surface area contributed by atoms with Crippen molar-refractivity contribution in [2.24, 2.45) is 11.8 Å². The molecule has 0 aromatic heterocycles. The molecule has 0 aliphatic carbocycles. The summed E-state index contributed by atoms with van der Waals surface area (Å²) < 4.78 is 184. The van der Waals surface area contributed by atoms with Crippen molar-refractivity contribution in [3.05, 3.63) is 0 Å². The van der Waals surface area contributed by atoms with Crippen LogP contribution in [0.5, 0.6) is 0 Å². The molecule has 0 aromatic carbocycles. The largest absolute Gasteiger partial charge is 0.426 e. The van der Waals surface area contributed by atoms with E-state index in [0.717, 1.165) is 4.72 Å². The first-order valence-corrected chi connectivity index (χ1v) is 10.3. The molecule has 2 unspecified atom stereocenters. The molecule has 2 atom stereocenters. The van der Waals surface area contributed by atoms with E-state index in [2.05, 4.69) is 0 Å². The van der Waals surface area contributed by atoms with Gasteiger partial charge in [-0.2, -0.15) is 52.7 Å². The van der Waals surface area contributed by atoms with Crippen LogP contribution in [0, 0.1) is 11.8 Å². The van der Waals surface area contributed by atoms with Crippen molar-refractivity contribution < 1.29 is 61.1 Å². The van der Waals surface area contributed by atoms with E-state index in [0.29, 0.717) is 0 Å². The summed E-state index contributed by atoms with van der Waals surface area (Å²) in [6.45, 7) is -0.650. The summed E-state index contributed by atoms with van der Waals surface area (Å²) in [4.78, 5) is 1.44. The van der Waals surface area contributed by atoms with Crippen LogP contribution >= 0.6 is 0 Å². The summed E-state index contributed by atoms with van der Waals surface area (Å²) in [5.74, 6) is -19.9. The van der Waals surface area contributed by atoms with Crippen molar-refractivity contribution in [1.82, 2.24) is 9.62 Å². The number of alkyl halides is 12. The second-order valence-electron chi connectivity index (χ2n) is 7.47. The molecule has 0 rings (SSSR count).